The van der Waals surface area contributed by atoms with Gasteiger partial charge in [0.1, 0.15) is 0 Å². The number of nitrogens with zero attached hydrogens (tertiary/aromatic N) is 1. The van der Waals surface area contributed by atoms with Crippen molar-refractivity contribution in [3.8, 4) is 0 Å². The summed E-state index contributed by atoms with van der Waals surface area (Å²) in [5.41, 5.74) is 0.762. The number of aliphatic hydroxyl groups is 1. The molecule has 0 saturated heterocycles. The van der Waals surface area contributed by atoms with E-state index in [-0.39, 0.29) is 18.4 Å². The minimum Gasteiger partial charge on any atom is -0.396 e. The number of rotatable bonds is 8. The SMILES string of the molecule is CCC(CCO)NS(=O)(=O)CCc1ccccn1. The van der Waals surface area contributed by atoms with Gasteiger partial charge in [0.25, 0.3) is 0 Å². The van der Waals surface area contributed by atoms with Crippen LogP contribution >= 0.6 is 0 Å². The van der Waals surface area contributed by atoms with Gasteiger partial charge in [0, 0.05) is 31.0 Å². The van der Waals surface area contributed by atoms with Crippen molar-refractivity contribution in [2.75, 3.05) is 12.4 Å². The first-order chi connectivity index (χ1) is 8.57. The van der Waals surface area contributed by atoms with Crippen LogP contribution in [-0.4, -0.2) is 36.9 Å². The van der Waals surface area contributed by atoms with E-state index in [1.165, 1.54) is 0 Å². The molecule has 0 radical (unpaired) electrons. The molecule has 0 saturated carbocycles. The van der Waals surface area contributed by atoms with Crippen molar-refractivity contribution < 1.29 is 13.5 Å². The molecule has 6 heteroatoms. The van der Waals surface area contributed by atoms with Gasteiger partial charge in [-0.15, -0.1) is 0 Å². The van der Waals surface area contributed by atoms with Crippen LogP contribution < -0.4 is 4.72 Å². The molecule has 5 nitrogen and oxygen atoms in total. The fourth-order valence-corrected chi connectivity index (χ4v) is 2.99. The third-order valence-corrected chi connectivity index (χ3v) is 4.10. The van der Waals surface area contributed by atoms with Gasteiger partial charge in [-0.25, -0.2) is 13.1 Å². The minimum atomic E-state index is -3.31. The average Bonchev–Trinajstić information content (AvgIpc) is 2.37. The second kappa shape index (κ2) is 7.45. The smallest absolute Gasteiger partial charge is 0.212 e. The Bertz CT molecular complexity index is 434. The lowest BCUT2D eigenvalue weighted by Gasteiger charge is -2.15. The van der Waals surface area contributed by atoms with Gasteiger partial charge in [-0.05, 0) is 25.0 Å². The van der Waals surface area contributed by atoms with E-state index < -0.39 is 10.0 Å². The van der Waals surface area contributed by atoms with Crippen molar-refractivity contribution in [1.29, 1.82) is 0 Å². The summed E-state index contributed by atoms with van der Waals surface area (Å²) in [4.78, 5) is 4.09. The van der Waals surface area contributed by atoms with Crippen LogP contribution in [0.1, 0.15) is 25.5 Å². The molecule has 0 aliphatic heterocycles. The first kappa shape index (κ1) is 15.1. The molecule has 0 aliphatic carbocycles. The summed E-state index contributed by atoms with van der Waals surface area (Å²) in [5.74, 6) is 0.0198. The second-order valence-corrected chi connectivity index (χ2v) is 6.00. The molecule has 1 aromatic rings. The summed E-state index contributed by atoms with van der Waals surface area (Å²) in [6.45, 7) is 1.88. The highest BCUT2D eigenvalue weighted by Gasteiger charge is 2.16. The summed E-state index contributed by atoms with van der Waals surface area (Å²) < 4.78 is 26.3. The molecule has 1 aromatic heterocycles. The Morgan fingerprint density at radius 2 is 2.22 bits per heavy atom. The van der Waals surface area contributed by atoms with Gasteiger partial charge in [0.2, 0.25) is 10.0 Å². The maximum atomic E-state index is 11.8. The largest absolute Gasteiger partial charge is 0.396 e. The van der Waals surface area contributed by atoms with Crippen LogP contribution in [0.25, 0.3) is 0 Å². The molecule has 0 bridgehead atoms. The maximum absolute atomic E-state index is 11.8. The summed E-state index contributed by atoms with van der Waals surface area (Å²) in [5, 5.41) is 8.83. The fraction of sp³-hybridized carbons (Fsp3) is 0.583. The van der Waals surface area contributed by atoms with Gasteiger partial charge in [0.15, 0.2) is 0 Å². The number of hydrogen-bond donors (Lipinski definition) is 2. The molecular formula is C12H20N2O3S. The molecule has 18 heavy (non-hydrogen) atoms. The molecule has 0 aliphatic rings. The Balaban J connectivity index is 2.49. The molecule has 1 atom stereocenters. The van der Waals surface area contributed by atoms with Crippen molar-refractivity contribution in [3.63, 3.8) is 0 Å². The first-order valence-electron chi connectivity index (χ1n) is 6.08. The van der Waals surface area contributed by atoms with E-state index in [9.17, 15) is 8.42 Å². The lowest BCUT2D eigenvalue weighted by Crippen LogP contribution is -2.37. The van der Waals surface area contributed by atoms with Crippen LogP contribution in [0.2, 0.25) is 0 Å². The summed E-state index contributed by atoms with van der Waals surface area (Å²) in [7, 11) is -3.31. The number of nitrogens with one attached hydrogen (secondary N) is 1. The predicted octanol–water partition coefficient (Wildman–Crippen LogP) is 0.704. The third-order valence-electron chi connectivity index (χ3n) is 2.67. The molecule has 1 heterocycles. The molecule has 0 fully saturated rings. The van der Waals surface area contributed by atoms with E-state index >= 15 is 0 Å². The van der Waals surface area contributed by atoms with Gasteiger partial charge < -0.3 is 5.11 Å². The van der Waals surface area contributed by atoms with Crippen LogP contribution in [-0.2, 0) is 16.4 Å². The highest BCUT2D eigenvalue weighted by molar-refractivity contribution is 7.89. The maximum Gasteiger partial charge on any atom is 0.212 e. The van der Waals surface area contributed by atoms with Gasteiger partial charge >= 0.3 is 0 Å². The van der Waals surface area contributed by atoms with E-state index in [1.54, 1.807) is 18.3 Å². The van der Waals surface area contributed by atoms with Gasteiger partial charge in [-0.1, -0.05) is 13.0 Å². The number of sulfonamides is 1. The summed E-state index contributed by atoms with van der Waals surface area (Å²) >= 11 is 0. The van der Waals surface area contributed by atoms with Crippen molar-refractivity contribution in [2.24, 2.45) is 0 Å². The van der Waals surface area contributed by atoms with Gasteiger partial charge in [0.05, 0.1) is 5.75 Å². The van der Waals surface area contributed by atoms with E-state index in [0.29, 0.717) is 19.3 Å². The van der Waals surface area contributed by atoms with Crippen LogP contribution in [0.3, 0.4) is 0 Å². The predicted molar refractivity (Wildman–Crippen MR) is 70.6 cm³/mol. The summed E-state index contributed by atoms with van der Waals surface area (Å²) in [6, 6.07) is 5.25. The lowest BCUT2D eigenvalue weighted by atomic mass is 10.2. The molecular weight excluding hydrogens is 252 g/mol. The third kappa shape index (κ3) is 5.57. The van der Waals surface area contributed by atoms with E-state index in [4.69, 9.17) is 5.11 Å². The van der Waals surface area contributed by atoms with Crippen molar-refractivity contribution >= 4 is 10.0 Å². The fourth-order valence-electron chi connectivity index (χ4n) is 1.60. The van der Waals surface area contributed by atoms with Gasteiger partial charge in [-0.2, -0.15) is 0 Å². The molecule has 0 spiro atoms. The number of aryl methyl sites for hydroxylation is 1. The highest BCUT2D eigenvalue weighted by Crippen LogP contribution is 2.02. The molecule has 1 unspecified atom stereocenters. The molecule has 102 valence electrons. The normalized spacial score (nSPS) is 13.4. The Labute approximate surface area is 108 Å². The van der Waals surface area contributed by atoms with Crippen LogP contribution in [0.5, 0.6) is 0 Å². The van der Waals surface area contributed by atoms with Crippen LogP contribution in [0, 0.1) is 0 Å². The van der Waals surface area contributed by atoms with Crippen molar-refractivity contribution in [3.05, 3.63) is 30.1 Å². The lowest BCUT2D eigenvalue weighted by molar-refractivity contribution is 0.270. The Hall–Kier alpha value is -0.980. The molecule has 0 amide bonds. The Kier molecular flexibility index (Phi) is 6.24. The first-order valence-corrected chi connectivity index (χ1v) is 7.73. The topological polar surface area (TPSA) is 79.3 Å². The molecule has 0 aromatic carbocycles. The molecule has 1 rings (SSSR count). The van der Waals surface area contributed by atoms with E-state index in [2.05, 4.69) is 9.71 Å². The van der Waals surface area contributed by atoms with Crippen molar-refractivity contribution in [2.45, 2.75) is 32.2 Å². The number of pyridine rings is 1. The Morgan fingerprint density at radius 1 is 1.44 bits per heavy atom. The standard InChI is InChI=1S/C12H20N2O3S/c1-2-11(6-9-15)14-18(16,17)10-7-12-5-3-4-8-13-12/h3-5,8,11,14-15H,2,6-7,9-10H2,1H3. The zero-order valence-electron chi connectivity index (χ0n) is 10.5. The van der Waals surface area contributed by atoms with Crippen molar-refractivity contribution in [1.82, 2.24) is 9.71 Å². The Morgan fingerprint density at radius 3 is 2.78 bits per heavy atom. The highest BCUT2D eigenvalue weighted by atomic mass is 32.2. The van der Waals surface area contributed by atoms with Crippen LogP contribution in [0.4, 0.5) is 0 Å². The zero-order valence-corrected chi connectivity index (χ0v) is 11.4. The number of aromatic nitrogens is 1. The quantitative estimate of drug-likeness (QED) is 0.730. The number of aliphatic hydroxyl groups excluding tert-OH is 1. The van der Waals surface area contributed by atoms with Crippen LogP contribution in [0.15, 0.2) is 24.4 Å². The number of hydrogen-bond acceptors (Lipinski definition) is 4. The average molecular weight is 272 g/mol. The minimum absolute atomic E-state index is 0.0126. The van der Waals surface area contributed by atoms with E-state index in [0.717, 1.165) is 5.69 Å². The van der Waals surface area contributed by atoms with E-state index in [1.807, 2.05) is 13.0 Å². The second-order valence-electron chi connectivity index (χ2n) is 4.13. The molecule has 2 N–H and O–H groups in total. The summed E-state index contributed by atoms with van der Waals surface area (Å²) in [6.07, 6.45) is 3.16. The monoisotopic (exact) mass is 272 g/mol. The van der Waals surface area contributed by atoms with Gasteiger partial charge in [-0.3, -0.25) is 4.98 Å². The zero-order chi connectivity index (χ0) is 13.4.